The fourth-order valence-corrected chi connectivity index (χ4v) is 1.10. The van der Waals surface area contributed by atoms with Crippen LogP contribution in [-0.2, 0) is 5.41 Å². The number of halogens is 1. The first-order valence-corrected chi connectivity index (χ1v) is 4.52. The van der Waals surface area contributed by atoms with Crippen molar-refractivity contribution in [3.8, 4) is 0 Å². The highest BCUT2D eigenvalue weighted by Gasteiger charge is 2.38. The Morgan fingerprint density at radius 1 is 1.15 bits per heavy atom. The van der Waals surface area contributed by atoms with Gasteiger partial charge in [-0.1, -0.05) is 38.1 Å². The van der Waals surface area contributed by atoms with E-state index in [9.17, 15) is 4.39 Å². The molecule has 1 radical (unpaired) electrons. The molecule has 0 N–H and O–H groups in total. The second kappa shape index (κ2) is 3.13. The van der Waals surface area contributed by atoms with Crippen LogP contribution in [0.5, 0.6) is 0 Å². The molecule has 1 rings (SSSR count). The second-order valence-corrected chi connectivity index (χ2v) is 4.37. The van der Waals surface area contributed by atoms with Crippen molar-refractivity contribution in [3.63, 3.8) is 0 Å². The zero-order valence-electron chi connectivity index (χ0n) is 8.69. The Hall–Kier alpha value is -0.850. The van der Waals surface area contributed by atoms with E-state index >= 15 is 0 Å². The lowest BCUT2D eigenvalue weighted by Gasteiger charge is -2.35. The maximum absolute atomic E-state index is 13.8. The van der Waals surface area contributed by atoms with Gasteiger partial charge in [0.2, 0.25) is 0 Å². The third-order valence-electron chi connectivity index (χ3n) is 2.87. The van der Waals surface area contributed by atoms with Gasteiger partial charge in [0, 0.05) is 5.41 Å². The van der Waals surface area contributed by atoms with Crippen molar-refractivity contribution in [2.45, 2.75) is 38.8 Å². The summed E-state index contributed by atoms with van der Waals surface area (Å²) in [5.41, 5.74) is -0.804. The summed E-state index contributed by atoms with van der Waals surface area (Å²) < 4.78 is 13.8. The fraction of sp³-hybridized carbons (Fsp3) is 0.500. The minimum Gasteiger partial charge on any atom is -0.244 e. The summed E-state index contributed by atoms with van der Waals surface area (Å²) in [6.45, 7) is 7.01. The average molecular weight is 179 g/mol. The van der Waals surface area contributed by atoms with Crippen molar-refractivity contribution in [3.05, 3.63) is 35.9 Å². The molecular formula is C12H16F. The zero-order chi connectivity index (χ0) is 10.1. The molecule has 0 aromatic heterocycles. The predicted octanol–water partition coefficient (Wildman–Crippen LogP) is 3.51. The van der Waals surface area contributed by atoms with E-state index < -0.39 is 11.1 Å². The normalized spacial score (nSPS) is 13.0. The van der Waals surface area contributed by atoms with Crippen molar-refractivity contribution in [1.29, 1.82) is 0 Å². The van der Waals surface area contributed by atoms with Gasteiger partial charge >= 0.3 is 0 Å². The van der Waals surface area contributed by atoms with E-state index in [1.54, 1.807) is 13.8 Å². The first kappa shape index (κ1) is 10.2. The number of benzene rings is 1. The van der Waals surface area contributed by atoms with Crippen LogP contribution in [0.15, 0.2) is 24.3 Å². The van der Waals surface area contributed by atoms with Crippen LogP contribution >= 0.6 is 0 Å². The van der Waals surface area contributed by atoms with E-state index in [1.807, 2.05) is 38.1 Å². The highest BCUT2D eigenvalue weighted by molar-refractivity contribution is 5.25. The third kappa shape index (κ3) is 1.90. The van der Waals surface area contributed by atoms with Crippen molar-refractivity contribution in [2.24, 2.45) is 0 Å². The molecule has 0 unspecified atom stereocenters. The van der Waals surface area contributed by atoms with Crippen molar-refractivity contribution < 1.29 is 4.39 Å². The summed E-state index contributed by atoms with van der Waals surface area (Å²) >= 11 is 0. The molecular weight excluding hydrogens is 163 g/mol. The average Bonchev–Trinajstić information content (AvgIpc) is 2.04. The third-order valence-corrected chi connectivity index (χ3v) is 2.87. The molecule has 0 nitrogen and oxygen atoms in total. The van der Waals surface area contributed by atoms with E-state index in [0.29, 0.717) is 0 Å². The van der Waals surface area contributed by atoms with Gasteiger partial charge in [-0.15, -0.1) is 0 Å². The van der Waals surface area contributed by atoms with Gasteiger partial charge in [0.1, 0.15) is 5.67 Å². The van der Waals surface area contributed by atoms with Crippen LogP contribution in [0.2, 0.25) is 0 Å². The predicted molar refractivity (Wildman–Crippen MR) is 53.5 cm³/mol. The van der Waals surface area contributed by atoms with E-state index in [0.717, 1.165) is 5.56 Å². The molecule has 0 spiro atoms. The van der Waals surface area contributed by atoms with Crippen LogP contribution in [-0.4, -0.2) is 5.67 Å². The molecule has 1 aromatic rings. The monoisotopic (exact) mass is 179 g/mol. The molecule has 13 heavy (non-hydrogen) atoms. The molecule has 1 heteroatoms. The largest absolute Gasteiger partial charge is 0.244 e. The molecule has 0 bridgehead atoms. The Labute approximate surface area is 79.8 Å². The van der Waals surface area contributed by atoms with E-state index in [1.165, 1.54) is 0 Å². The summed E-state index contributed by atoms with van der Waals surface area (Å²) in [6.07, 6.45) is 0. The van der Waals surface area contributed by atoms with Crippen LogP contribution in [0.3, 0.4) is 0 Å². The lowest BCUT2D eigenvalue weighted by molar-refractivity contribution is 0.114. The lowest BCUT2D eigenvalue weighted by atomic mass is 9.73. The summed E-state index contributed by atoms with van der Waals surface area (Å²) in [4.78, 5) is 0. The first-order chi connectivity index (χ1) is 5.86. The first-order valence-electron chi connectivity index (χ1n) is 4.52. The van der Waals surface area contributed by atoms with Gasteiger partial charge in [-0.25, -0.2) is 4.39 Å². The van der Waals surface area contributed by atoms with Gasteiger partial charge in [0.05, 0.1) is 0 Å². The van der Waals surface area contributed by atoms with Crippen molar-refractivity contribution in [2.75, 3.05) is 0 Å². The molecule has 0 saturated carbocycles. The molecule has 0 fully saturated rings. The summed E-state index contributed by atoms with van der Waals surface area (Å²) in [6, 6.07) is 10.6. The molecule has 71 valence electrons. The summed E-state index contributed by atoms with van der Waals surface area (Å²) in [7, 11) is 0. The second-order valence-electron chi connectivity index (χ2n) is 4.37. The molecule has 1 aromatic carbocycles. The fourth-order valence-electron chi connectivity index (χ4n) is 1.10. The number of hydrogen-bond acceptors (Lipinski definition) is 0. The topological polar surface area (TPSA) is 0 Å². The number of alkyl halides is 1. The van der Waals surface area contributed by atoms with Gasteiger partial charge in [-0.2, -0.15) is 0 Å². The Balaban J connectivity index is 3.08. The maximum Gasteiger partial charge on any atom is 0.114 e. The number of rotatable bonds is 2. The molecule has 0 amide bonds. The lowest BCUT2D eigenvalue weighted by Crippen LogP contribution is -2.38. The Kier molecular flexibility index (Phi) is 2.47. The Bertz CT molecular complexity index is 267. The van der Waals surface area contributed by atoms with E-state index in [4.69, 9.17) is 0 Å². The zero-order valence-corrected chi connectivity index (χ0v) is 8.69. The van der Waals surface area contributed by atoms with Gasteiger partial charge < -0.3 is 0 Å². The van der Waals surface area contributed by atoms with Gasteiger partial charge in [0.15, 0.2) is 0 Å². The SMILES string of the molecule is CC(C)(F)C(C)(C)c1[c]cccc1. The van der Waals surface area contributed by atoms with E-state index in [2.05, 4.69) is 6.07 Å². The molecule has 0 atom stereocenters. The minimum atomic E-state index is -1.23. The molecule has 0 aliphatic carbocycles. The standard InChI is InChI=1S/C12H16F/c1-11(2,12(3,4)13)10-8-6-5-7-9-10/h5-8H,1-4H3. The van der Waals surface area contributed by atoms with Crippen LogP contribution in [0.1, 0.15) is 33.3 Å². The molecule has 0 aliphatic heterocycles. The van der Waals surface area contributed by atoms with Gasteiger partial charge in [0.25, 0.3) is 0 Å². The minimum absolute atomic E-state index is 0.492. The highest BCUT2D eigenvalue weighted by atomic mass is 19.1. The van der Waals surface area contributed by atoms with Crippen LogP contribution in [0, 0.1) is 6.07 Å². The van der Waals surface area contributed by atoms with Crippen molar-refractivity contribution >= 4 is 0 Å². The highest BCUT2D eigenvalue weighted by Crippen LogP contribution is 2.36. The molecule has 0 aliphatic rings. The Morgan fingerprint density at radius 3 is 2.15 bits per heavy atom. The van der Waals surface area contributed by atoms with Gasteiger partial charge in [-0.3, -0.25) is 0 Å². The molecule has 0 saturated heterocycles. The smallest absolute Gasteiger partial charge is 0.114 e. The summed E-state index contributed by atoms with van der Waals surface area (Å²) in [5, 5.41) is 0. The van der Waals surface area contributed by atoms with E-state index in [-0.39, 0.29) is 0 Å². The van der Waals surface area contributed by atoms with Crippen LogP contribution in [0.4, 0.5) is 4.39 Å². The number of hydrogen-bond donors (Lipinski definition) is 0. The molecule has 0 heterocycles. The maximum atomic E-state index is 13.8. The summed E-state index contributed by atoms with van der Waals surface area (Å²) in [5.74, 6) is 0. The quantitative estimate of drug-likeness (QED) is 0.651. The Morgan fingerprint density at radius 2 is 1.77 bits per heavy atom. The van der Waals surface area contributed by atoms with Crippen LogP contribution in [0.25, 0.3) is 0 Å². The van der Waals surface area contributed by atoms with Crippen LogP contribution < -0.4 is 0 Å². The van der Waals surface area contributed by atoms with Gasteiger partial charge in [-0.05, 0) is 25.5 Å². The van der Waals surface area contributed by atoms with Crippen molar-refractivity contribution in [1.82, 2.24) is 0 Å².